The Hall–Kier alpha value is -7.18. The Bertz CT molecular complexity index is 3010. The lowest BCUT2D eigenvalue weighted by Crippen LogP contribution is -2.50. The quantitative estimate of drug-likeness (QED) is 0.0508. The van der Waals surface area contributed by atoms with Gasteiger partial charge in [-0.15, -0.1) is 0 Å². The van der Waals surface area contributed by atoms with Crippen molar-refractivity contribution in [1.82, 2.24) is 29.4 Å². The van der Waals surface area contributed by atoms with Gasteiger partial charge in [0.05, 0.1) is 18.3 Å². The van der Waals surface area contributed by atoms with Crippen molar-refractivity contribution < 1.29 is 42.6 Å². The van der Waals surface area contributed by atoms with Crippen molar-refractivity contribution in [3.63, 3.8) is 0 Å². The lowest BCUT2D eigenvalue weighted by molar-refractivity contribution is -0.139. The molecule has 9 rings (SSSR count). The number of carbonyl (C=O) groups excluding carboxylic acids is 5. The van der Waals surface area contributed by atoms with Gasteiger partial charge < -0.3 is 48.9 Å². The first-order valence-corrected chi connectivity index (χ1v) is 30.7. The van der Waals surface area contributed by atoms with E-state index in [1.54, 1.807) is 47.9 Å². The van der Waals surface area contributed by atoms with Gasteiger partial charge >= 0.3 is 6.09 Å². The molecule has 17 heteroatoms. The summed E-state index contributed by atoms with van der Waals surface area (Å²) in [5, 5.41) is 6.41. The van der Waals surface area contributed by atoms with Crippen molar-refractivity contribution in [1.29, 1.82) is 0 Å². The van der Waals surface area contributed by atoms with Gasteiger partial charge in [-0.3, -0.25) is 24.5 Å². The number of fused-ring (bicyclic) bond motifs is 2. The highest BCUT2D eigenvalue weighted by Gasteiger charge is 2.50. The fourth-order valence-electron chi connectivity index (χ4n) is 12.7. The van der Waals surface area contributed by atoms with E-state index in [0.717, 1.165) is 132 Å². The van der Waals surface area contributed by atoms with Crippen molar-refractivity contribution in [2.24, 2.45) is 0 Å². The molecule has 4 aliphatic rings. The van der Waals surface area contributed by atoms with Gasteiger partial charge in [0.2, 0.25) is 17.7 Å². The second kappa shape index (κ2) is 29.8. The van der Waals surface area contributed by atoms with Crippen LogP contribution in [0.5, 0.6) is 0 Å². The number of amides is 5. The number of benzene rings is 5. The molecule has 3 fully saturated rings. The number of nitrogens with one attached hydrogen (secondary N) is 2. The largest absolute Gasteiger partial charge is 0.446 e. The van der Waals surface area contributed by atoms with Gasteiger partial charge in [0.15, 0.2) is 0 Å². The summed E-state index contributed by atoms with van der Waals surface area (Å²) in [5.41, 5.74) is 6.79. The molecular weight excluding hydrogens is 1080 g/mol. The summed E-state index contributed by atoms with van der Waals surface area (Å²) in [6.45, 7) is 9.48. The number of para-hydroxylation sites is 1. The third-order valence-electron chi connectivity index (χ3n) is 18.1. The molecule has 0 radical (unpaired) electrons. The molecule has 0 unspecified atom stereocenters. The molecule has 3 aliphatic heterocycles. The van der Waals surface area contributed by atoms with Crippen molar-refractivity contribution in [3.05, 3.63) is 155 Å². The number of anilines is 2. The molecule has 3 heterocycles. The van der Waals surface area contributed by atoms with E-state index in [2.05, 4.69) is 44.7 Å². The Labute approximate surface area is 501 Å². The molecule has 0 saturated carbocycles. The van der Waals surface area contributed by atoms with Crippen LogP contribution in [0, 0.1) is 5.82 Å². The number of ether oxygens (including phenoxy) is 3. The maximum Gasteiger partial charge on any atom is 0.411 e. The molecule has 1 spiro atoms. The van der Waals surface area contributed by atoms with Gasteiger partial charge in [0.25, 0.3) is 5.91 Å². The van der Waals surface area contributed by atoms with Crippen LogP contribution in [0.2, 0.25) is 0 Å². The van der Waals surface area contributed by atoms with E-state index < -0.39 is 11.7 Å². The summed E-state index contributed by atoms with van der Waals surface area (Å²) in [5.74, 6) is -0.350. The van der Waals surface area contributed by atoms with Gasteiger partial charge in [0.1, 0.15) is 30.9 Å². The first-order chi connectivity index (χ1) is 41.2. The molecule has 2 atom stereocenters. The number of hydrogen-bond donors (Lipinski definition) is 2. The Morgan fingerprint density at radius 2 is 1.36 bits per heavy atom. The number of carbonyl (C=O) groups is 5. The Balaban J connectivity index is 0.610. The van der Waals surface area contributed by atoms with E-state index in [0.29, 0.717) is 51.0 Å². The molecule has 0 bridgehead atoms. The maximum absolute atomic E-state index is 13.9. The highest BCUT2D eigenvalue weighted by Crippen LogP contribution is 2.48. The van der Waals surface area contributed by atoms with Crippen molar-refractivity contribution in [3.8, 4) is 11.1 Å². The van der Waals surface area contributed by atoms with Crippen molar-refractivity contribution in [2.45, 2.75) is 107 Å². The Morgan fingerprint density at radius 3 is 2.11 bits per heavy atom. The number of nitrogens with zero attached hydrogens (tertiary/aromatic N) is 6. The van der Waals surface area contributed by atoms with Crippen LogP contribution in [-0.4, -0.2) is 178 Å². The lowest BCUT2D eigenvalue weighted by Gasteiger charge is -2.44. The number of rotatable bonds is 26. The van der Waals surface area contributed by atoms with Crippen LogP contribution in [-0.2, 0) is 46.0 Å². The zero-order valence-corrected chi connectivity index (χ0v) is 50.3. The van der Waals surface area contributed by atoms with E-state index in [1.165, 1.54) is 23.3 Å². The third kappa shape index (κ3) is 16.4. The SMILES string of the molecule is CC(=O)N1CO[C@](CCN2CCC3(CC2)c2ccccc2C[C@@H]3OCC(=O)N(C)CCCN(C)C(=O)c2ccc(NCCCCCCC(=O)N(C)CCN3CCC(OC(=O)Nc4ccccc4-c4ccccc4)CC3)cc2)(c2ccc(F)cc2)C1. The van der Waals surface area contributed by atoms with E-state index in [9.17, 15) is 28.4 Å². The molecule has 85 heavy (non-hydrogen) atoms. The fraction of sp³-hybridized carbons (Fsp3) is 0.485. The molecule has 5 aromatic rings. The average molecular weight is 1160 g/mol. The van der Waals surface area contributed by atoms with Crippen LogP contribution in [0.4, 0.5) is 20.6 Å². The Morgan fingerprint density at radius 1 is 0.694 bits per heavy atom. The van der Waals surface area contributed by atoms with E-state index in [4.69, 9.17) is 14.2 Å². The monoisotopic (exact) mass is 1160 g/mol. The first kappa shape index (κ1) is 62.4. The van der Waals surface area contributed by atoms with E-state index in [-0.39, 0.29) is 60.4 Å². The zero-order chi connectivity index (χ0) is 59.8. The molecule has 3 saturated heterocycles. The topological polar surface area (TPSA) is 157 Å². The molecule has 0 aromatic heterocycles. The number of likely N-dealkylation sites (tertiary alicyclic amines) is 2. The van der Waals surface area contributed by atoms with Gasteiger partial charge in [0, 0.05) is 109 Å². The highest BCUT2D eigenvalue weighted by atomic mass is 19.1. The van der Waals surface area contributed by atoms with Gasteiger partial charge in [-0.2, -0.15) is 0 Å². The average Bonchev–Trinajstić information content (AvgIpc) is 2.66. The lowest BCUT2D eigenvalue weighted by atomic mass is 9.72. The normalized spacial score (nSPS) is 18.6. The predicted molar refractivity (Wildman–Crippen MR) is 330 cm³/mol. The van der Waals surface area contributed by atoms with E-state index >= 15 is 0 Å². The van der Waals surface area contributed by atoms with Crippen LogP contribution in [0.25, 0.3) is 11.1 Å². The second-order valence-corrected chi connectivity index (χ2v) is 23.8. The van der Waals surface area contributed by atoms with Gasteiger partial charge in [-0.1, -0.05) is 97.8 Å². The van der Waals surface area contributed by atoms with Crippen molar-refractivity contribution in [2.75, 3.05) is 117 Å². The summed E-state index contributed by atoms with van der Waals surface area (Å²) < 4.78 is 32.7. The van der Waals surface area contributed by atoms with Gasteiger partial charge in [-0.05, 0) is 136 Å². The fourth-order valence-corrected chi connectivity index (χ4v) is 12.7. The van der Waals surface area contributed by atoms with Crippen molar-refractivity contribution >= 4 is 41.1 Å². The number of piperidine rings is 2. The van der Waals surface area contributed by atoms with Crippen LogP contribution < -0.4 is 10.6 Å². The van der Waals surface area contributed by atoms with E-state index in [1.807, 2.05) is 90.8 Å². The summed E-state index contributed by atoms with van der Waals surface area (Å²) >= 11 is 0. The molecule has 454 valence electrons. The molecule has 1 aliphatic carbocycles. The minimum Gasteiger partial charge on any atom is -0.446 e. The number of likely N-dealkylation sites (N-methyl/N-ethyl adjacent to an activating group) is 2. The molecule has 5 amide bonds. The minimum atomic E-state index is -0.707. The summed E-state index contributed by atoms with van der Waals surface area (Å²) in [7, 11) is 5.47. The van der Waals surface area contributed by atoms with Crippen LogP contribution in [0.3, 0.4) is 0 Å². The molecule has 16 nitrogen and oxygen atoms in total. The zero-order valence-electron chi connectivity index (χ0n) is 50.3. The summed E-state index contributed by atoms with van der Waals surface area (Å²) in [4.78, 5) is 76.8. The predicted octanol–water partition coefficient (Wildman–Crippen LogP) is 10.0. The first-order valence-electron chi connectivity index (χ1n) is 30.7. The summed E-state index contributed by atoms with van der Waals surface area (Å²) in [6, 6.07) is 40.3. The standard InChI is InChI=1S/C68H87FN8O8/c1-51(78)77-49-68(84-50-77,55-26-28-56(69)29-27-55)36-44-76-42-34-67(35-43-76)60-21-13-11-19-54(60)47-62(67)83-48-64(80)72(2)38-16-39-74(4)65(81)53-24-30-57(31-25-53)70-37-15-6-5-10-23-63(79)73(3)45-46-75-40-32-58(33-41-75)85-66(82)71-61-22-14-12-20-59(61)52-17-8-7-9-18-52/h7-9,11-14,17-22,24-31,58,62,70H,5-6,10,15-16,23,32-50H2,1-4H3,(H,71,82)/t62-,68-/m0/s1. The number of halogens is 1. The summed E-state index contributed by atoms with van der Waals surface area (Å²) in [6.07, 6.45) is 8.93. The van der Waals surface area contributed by atoms with Crippen LogP contribution >= 0.6 is 0 Å². The second-order valence-electron chi connectivity index (χ2n) is 23.8. The highest BCUT2D eigenvalue weighted by molar-refractivity contribution is 5.94. The number of unbranched alkanes of at least 4 members (excludes halogenated alkanes) is 3. The molecule has 2 N–H and O–H groups in total. The number of hydrogen-bond acceptors (Lipinski definition) is 11. The Kier molecular flexibility index (Phi) is 21.8. The third-order valence-corrected chi connectivity index (χ3v) is 18.1. The van der Waals surface area contributed by atoms with Gasteiger partial charge in [-0.25, -0.2) is 9.18 Å². The van der Waals surface area contributed by atoms with Crippen LogP contribution in [0.15, 0.2) is 127 Å². The van der Waals surface area contributed by atoms with Crippen LogP contribution in [0.1, 0.15) is 105 Å². The minimum absolute atomic E-state index is 0.0162. The smallest absolute Gasteiger partial charge is 0.411 e. The molecular formula is C68H87FN8O8. The molecule has 5 aromatic carbocycles. The maximum atomic E-state index is 13.9.